The molecule has 1 atom stereocenters. The zero-order valence-corrected chi connectivity index (χ0v) is 9.14. The number of carbonyl (C=O) groups excluding carboxylic acids is 1. The van der Waals surface area contributed by atoms with Crippen molar-refractivity contribution in [2.24, 2.45) is 0 Å². The summed E-state index contributed by atoms with van der Waals surface area (Å²) in [6, 6.07) is 4.52. The summed E-state index contributed by atoms with van der Waals surface area (Å²) in [5.74, 6) is -1.48. The summed E-state index contributed by atoms with van der Waals surface area (Å²) in [4.78, 5) is 22.1. The molecule has 0 saturated carbocycles. The average molecular weight is 241 g/mol. The predicted molar refractivity (Wildman–Crippen MR) is 57.9 cm³/mol. The third-order valence-corrected chi connectivity index (χ3v) is 2.11. The van der Waals surface area contributed by atoms with Crippen LogP contribution in [-0.4, -0.2) is 36.8 Å². The number of ether oxygens (including phenoxy) is 1. The summed E-state index contributed by atoms with van der Waals surface area (Å²) < 4.78 is 17.2. The lowest BCUT2D eigenvalue weighted by Gasteiger charge is -2.10. The Labute approximate surface area is 97.2 Å². The number of rotatable bonds is 5. The Morgan fingerprint density at radius 3 is 2.41 bits per heavy atom. The quantitative estimate of drug-likeness (QED) is 0.801. The summed E-state index contributed by atoms with van der Waals surface area (Å²) in [6.07, 6.45) is 0. The number of carboxylic acids is 1. The first-order valence-corrected chi connectivity index (χ1v) is 4.82. The van der Waals surface area contributed by atoms with Crippen LogP contribution in [0.4, 0.5) is 4.39 Å². The highest BCUT2D eigenvalue weighted by Crippen LogP contribution is 2.11. The van der Waals surface area contributed by atoms with Crippen LogP contribution in [0.2, 0.25) is 0 Å². The molecule has 0 bridgehead atoms. The van der Waals surface area contributed by atoms with Crippen molar-refractivity contribution in [3.8, 4) is 5.75 Å². The Morgan fingerprint density at radius 1 is 1.41 bits per heavy atom. The smallest absolute Gasteiger partial charge is 0.328 e. The van der Waals surface area contributed by atoms with Crippen LogP contribution in [0.15, 0.2) is 24.3 Å². The van der Waals surface area contributed by atoms with Crippen molar-refractivity contribution < 1.29 is 23.8 Å². The molecule has 0 saturated heterocycles. The molecule has 1 amide bonds. The van der Waals surface area contributed by atoms with Gasteiger partial charge < -0.3 is 15.2 Å². The number of benzene rings is 1. The van der Waals surface area contributed by atoms with Crippen molar-refractivity contribution in [1.29, 1.82) is 0 Å². The highest BCUT2D eigenvalue weighted by atomic mass is 19.1. The van der Waals surface area contributed by atoms with Crippen molar-refractivity contribution in [3.05, 3.63) is 29.8 Å². The van der Waals surface area contributed by atoms with E-state index in [1.54, 1.807) is 12.1 Å². The van der Waals surface area contributed by atoms with E-state index in [1.165, 1.54) is 19.2 Å². The molecule has 0 aliphatic rings. The Balaban J connectivity index is 2.72. The fraction of sp³-hybridized carbons (Fsp3) is 0.273. The summed E-state index contributed by atoms with van der Waals surface area (Å²) in [5, 5.41) is 10.6. The minimum Gasteiger partial charge on any atom is -0.497 e. The molecule has 17 heavy (non-hydrogen) atoms. The van der Waals surface area contributed by atoms with Gasteiger partial charge in [0.15, 0.2) is 6.04 Å². The lowest BCUT2D eigenvalue weighted by Crippen LogP contribution is -2.42. The van der Waals surface area contributed by atoms with E-state index in [4.69, 9.17) is 9.84 Å². The van der Waals surface area contributed by atoms with Crippen molar-refractivity contribution in [3.63, 3.8) is 0 Å². The van der Waals surface area contributed by atoms with Gasteiger partial charge in [-0.05, 0) is 24.3 Å². The third kappa shape index (κ3) is 3.44. The van der Waals surface area contributed by atoms with E-state index in [2.05, 4.69) is 5.32 Å². The summed E-state index contributed by atoms with van der Waals surface area (Å²) in [5.41, 5.74) is 0.241. The maximum absolute atomic E-state index is 12.3. The second kappa shape index (κ2) is 5.83. The number of carboxylic acid groups (broad SMARTS) is 1. The van der Waals surface area contributed by atoms with Crippen LogP contribution in [0.1, 0.15) is 10.4 Å². The molecule has 0 aliphatic heterocycles. The molecule has 1 rings (SSSR count). The molecule has 0 aliphatic carbocycles. The SMILES string of the molecule is COc1ccc(C(=O)NC(CF)C(=O)O)cc1. The monoisotopic (exact) mass is 241 g/mol. The maximum Gasteiger partial charge on any atom is 0.328 e. The fourth-order valence-electron chi connectivity index (χ4n) is 1.15. The highest BCUT2D eigenvalue weighted by molar-refractivity contribution is 5.96. The van der Waals surface area contributed by atoms with E-state index >= 15 is 0 Å². The second-order valence-corrected chi connectivity index (χ2v) is 3.25. The molecule has 0 aromatic heterocycles. The van der Waals surface area contributed by atoms with Gasteiger partial charge in [0.05, 0.1) is 7.11 Å². The molecular formula is C11H12FNO4. The third-order valence-electron chi connectivity index (χ3n) is 2.11. The second-order valence-electron chi connectivity index (χ2n) is 3.25. The molecule has 2 N–H and O–H groups in total. The molecule has 0 spiro atoms. The Morgan fingerprint density at radius 2 is 2.00 bits per heavy atom. The molecule has 0 heterocycles. The molecule has 92 valence electrons. The fourth-order valence-corrected chi connectivity index (χ4v) is 1.15. The van der Waals surface area contributed by atoms with Crippen LogP contribution in [0, 0.1) is 0 Å². The molecule has 0 fully saturated rings. The maximum atomic E-state index is 12.3. The summed E-state index contributed by atoms with van der Waals surface area (Å²) in [7, 11) is 1.48. The van der Waals surface area contributed by atoms with Crippen LogP contribution in [-0.2, 0) is 4.79 Å². The van der Waals surface area contributed by atoms with Crippen molar-refractivity contribution in [1.82, 2.24) is 5.32 Å². The van der Waals surface area contributed by atoms with Gasteiger partial charge in [-0.25, -0.2) is 9.18 Å². The number of amides is 1. The van der Waals surface area contributed by atoms with Gasteiger partial charge >= 0.3 is 5.97 Å². The number of carbonyl (C=O) groups is 2. The van der Waals surface area contributed by atoms with E-state index in [0.717, 1.165) is 0 Å². The molecule has 1 unspecified atom stereocenters. The van der Waals surface area contributed by atoms with Crippen molar-refractivity contribution >= 4 is 11.9 Å². The molecule has 6 heteroatoms. The van der Waals surface area contributed by atoms with Crippen LogP contribution < -0.4 is 10.1 Å². The topological polar surface area (TPSA) is 75.6 Å². The van der Waals surface area contributed by atoms with E-state index in [-0.39, 0.29) is 5.56 Å². The number of nitrogens with one attached hydrogen (secondary N) is 1. The van der Waals surface area contributed by atoms with Gasteiger partial charge in [-0.2, -0.15) is 0 Å². The summed E-state index contributed by atoms with van der Waals surface area (Å²) >= 11 is 0. The Bertz CT molecular complexity index is 404. The van der Waals surface area contributed by atoms with E-state index in [1.807, 2.05) is 0 Å². The van der Waals surface area contributed by atoms with Gasteiger partial charge in [-0.15, -0.1) is 0 Å². The number of alkyl halides is 1. The van der Waals surface area contributed by atoms with Gasteiger partial charge in [0.2, 0.25) is 0 Å². The molecule has 0 radical (unpaired) electrons. The predicted octanol–water partition coefficient (Wildman–Crippen LogP) is 0.848. The number of hydrogen-bond acceptors (Lipinski definition) is 3. The van der Waals surface area contributed by atoms with Gasteiger partial charge in [-0.1, -0.05) is 0 Å². The lowest BCUT2D eigenvalue weighted by atomic mass is 10.2. The first-order valence-electron chi connectivity index (χ1n) is 4.82. The van der Waals surface area contributed by atoms with Crippen LogP contribution in [0.5, 0.6) is 5.75 Å². The minimum atomic E-state index is -1.52. The molecular weight excluding hydrogens is 229 g/mol. The van der Waals surface area contributed by atoms with E-state index in [9.17, 15) is 14.0 Å². The number of methoxy groups -OCH3 is 1. The molecule has 1 aromatic rings. The normalized spacial score (nSPS) is 11.6. The van der Waals surface area contributed by atoms with Crippen LogP contribution in [0.3, 0.4) is 0 Å². The number of hydrogen-bond donors (Lipinski definition) is 2. The van der Waals surface area contributed by atoms with E-state index in [0.29, 0.717) is 5.75 Å². The van der Waals surface area contributed by atoms with Crippen LogP contribution in [0.25, 0.3) is 0 Å². The summed E-state index contributed by atoms with van der Waals surface area (Å²) in [6.45, 7) is -1.16. The Kier molecular flexibility index (Phi) is 4.45. The Hall–Kier alpha value is -2.11. The first kappa shape index (κ1) is 13.0. The largest absolute Gasteiger partial charge is 0.497 e. The van der Waals surface area contributed by atoms with E-state index < -0.39 is 24.6 Å². The zero-order chi connectivity index (χ0) is 12.8. The van der Waals surface area contributed by atoms with Gasteiger partial charge in [0, 0.05) is 5.56 Å². The van der Waals surface area contributed by atoms with Gasteiger partial charge in [0.25, 0.3) is 5.91 Å². The zero-order valence-electron chi connectivity index (χ0n) is 9.14. The minimum absolute atomic E-state index is 0.241. The first-order chi connectivity index (χ1) is 8.08. The molecule has 1 aromatic carbocycles. The van der Waals surface area contributed by atoms with Crippen LogP contribution >= 0.6 is 0 Å². The standard InChI is InChI=1S/C11H12FNO4/c1-17-8-4-2-7(3-5-8)10(14)13-9(6-12)11(15)16/h2-5,9H,6H2,1H3,(H,13,14)(H,15,16). The lowest BCUT2D eigenvalue weighted by molar-refractivity contribution is -0.139. The number of halogens is 1. The number of aliphatic carboxylic acids is 1. The highest BCUT2D eigenvalue weighted by Gasteiger charge is 2.20. The van der Waals surface area contributed by atoms with Crippen molar-refractivity contribution in [2.45, 2.75) is 6.04 Å². The van der Waals surface area contributed by atoms with Gasteiger partial charge in [-0.3, -0.25) is 4.79 Å². The van der Waals surface area contributed by atoms with Gasteiger partial charge in [0.1, 0.15) is 12.4 Å². The van der Waals surface area contributed by atoms with Crippen molar-refractivity contribution in [2.75, 3.05) is 13.8 Å². The molecule has 5 nitrogen and oxygen atoms in total. The average Bonchev–Trinajstić information content (AvgIpc) is 2.35.